The summed E-state index contributed by atoms with van der Waals surface area (Å²) in [5, 5.41) is 35.0. The maximum atomic E-state index is 11.3. The third-order valence-corrected chi connectivity index (χ3v) is 10.5. The van der Waals surface area contributed by atoms with Crippen LogP contribution in [0.25, 0.3) is 0 Å². The highest BCUT2D eigenvalue weighted by Gasteiger charge is 2.61. The molecule has 180 valence electrons. The van der Waals surface area contributed by atoms with E-state index in [4.69, 9.17) is 0 Å². The van der Waals surface area contributed by atoms with Crippen molar-refractivity contribution in [3.63, 3.8) is 0 Å². The van der Waals surface area contributed by atoms with E-state index < -0.39 is 5.60 Å². The molecule has 6 nitrogen and oxygen atoms in total. The number of tetrazole rings is 1. The number of aryl methyl sites for hydroxylation is 1. The van der Waals surface area contributed by atoms with Gasteiger partial charge in [0, 0.05) is 0 Å². The van der Waals surface area contributed by atoms with E-state index in [1.54, 1.807) is 4.80 Å². The van der Waals surface area contributed by atoms with Crippen molar-refractivity contribution in [2.75, 3.05) is 0 Å². The quantitative estimate of drug-likeness (QED) is 0.704. The van der Waals surface area contributed by atoms with Crippen LogP contribution in [-0.4, -0.2) is 42.1 Å². The molecule has 4 aliphatic carbocycles. The van der Waals surface area contributed by atoms with E-state index >= 15 is 0 Å². The first-order valence-electron chi connectivity index (χ1n) is 13.4. The number of fused-ring (bicyclic) bond motifs is 5. The minimum absolute atomic E-state index is 0.208. The highest BCUT2D eigenvalue weighted by Crippen LogP contribution is 2.65. The fourth-order valence-corrected chi connectivity index (χ4v) is 9.51. The van der Waals surface area contributed by atoms with E-state index in [2.05, 4.69) is 36.2 Å². The monoisotopic (exact) mass is 444 g/mol. The van der Waals surface area contributed by atoms with Crippen molar-refractivity contribution in [2.45, 2.75) is 110 Å². The molecule has 4 fully saturated rings. The predicted octanol–water partition coefficient (Wildman–Crippen LogP) is 4.39. The van der Waals surface area contributed by atoms with Crippen LogP contribution in [0.3, 0.4) is 0 Å². The number of hydrogen-bond acceptors (Lipinski definition) is 5. The summed E-state index contributed by atoms with van der Waals surface area (Å²) in [4.78, 5) is 1.72. The summed E-state index contributed by atoms with van der Waals surface area (Å²) in [5.41, 5.74) is -0.191. The SMILES string of the molecule is CCC[C@@]1(O)CC[C@H]2[C@H](CC[C@@H]3[C@@H]2CC[C@@]2(C)[C@H]3C[C@@H](O)[C@@H]2C(C)Cn2nnc(C)n2)C1. The molecule has 4 saturated carbocycles. The molecule has 1 heterocycles. The molecule has 4 aliphatic rings. The number of aromatic nitrogens is 4. The number of nitrogens with zero attached hydrogens (tertiary/aromatic N) is 4. The summed E-state index contributed by atoms with van der Waals surface area (Å²) >= 11 is 0. The van der Waals surface area contributed by atoms with Gasteiger partial charge in [0.05, 0.1) is 18.2 Å². The second kappa shape index (κ2) is 8.33. The fourth-order valence-electron chi connectivity index (χ4n) is 9.51. The van der Waals surface area contributed by atoms with Gasteiger partial charge in [0.1, 0.15) is 0 Å². The lowest BCUT2D eigenvalue weighted by molar-refractivity contribution is -0.111. The Hall–Kier alpha value is -1.01. The van der Waals surface area contributed by atoms with Crippen molar-refractivity contribution < 1.29 is 10.2 Å². The van der Waals surface area contributed by atoms with Gasteiger partial charge in [-0.25, -0.2) is 0 Å². The lowest BCUT2D eigenvalue weighted by Crippen LogP contribution is -2.51. The summed E-state index contributed by atoms with van der Waals surface area (Å²) in [6.45, 7) is 9.57. The van der Waals surface area contributed by atoms with Gasteiger partial charge in [0.25, 0.3) is 0 Å². The molecule has 6 heteroatoms. The number of aliphatic hydroxyl groups excluding tert-OH is 1. The minimum atomic E-state index is -0.399. The normalized spacial score (nSPS) is 46.9. The second-order valence-electron chi connectivity index (χ2n) is 12.4. The van der Waals surface area contributed by atoms with Crippen molar-refractivity contribution >= 4 is 0 Å². The largest absolute Gasteiger partial charge is 0.393 e. The van der Waals surface area contributed by atoms with Crippen LogP contribution in [0, 0.1) is 53.8 Å². The molecule has 1 aromatic rings. The third kappa shape index (κ3) is 3.73. The van der Waals surface area contributed by atoms with Crippen LogP contribution < -0.4 is 0 Å². The van der Waals surface area contributed by atoms with Crippen molar-refractivity contribution in [2.24, 2.45) is 46.8 Å². The molecule has 1 aromatic heterocycles. The van der Waals surface area contributed by atoms with Gasteiger partial charge in [-0.05, 0) is 117 Å². The van der Waals surface area contributed by atoms with E-state index in [0.29, 0.717) is 29.5 Å². The van der Waals surface area contributed by atoms with Gasteiger partial charge in [-0.2, -0.15) is 4.80 Å². The Morgan fingerprint density at radius 2 is 1.91 bits per heavy atom. The van der Waals surface area contributed by atoms with E-state index in [-0.39, 0.29) is 11.5 Å². The summed E-state index contributed by atoms with van der Waals surface area (Å²) in [6.07, 6.45) is 11.2. The summed E-state index contributed by atoms with van der Waals surface area (Å²) in [5.74, 6) is 5.05. The van der Waals surface area contributed by atoms with Crippen molar-refractivity contribution in [3.8, 4) is 0 Å². The first kappa shape index (κ1) is 22.8. The van der Waals surface area contributed by atoms with Gasteiger partial charge in [0.2, 0.25) is 0 Å². The molecule has 0 saturated heterocycles. The highest BCUT2D eigenvalue weighted by atomic mass is 16.3. The Morgan fingerprint density at radius 3 is 2.62 bits per heavy atom. The Morgan fingerprint density at radius 1 is 1.12 bits per heavy atom. The molecular formula is C26H44N4O2. The molecule has 2 N–H and O–H groups in total. The Kier molecular flexibility index (Phi) is 5.93. The van der Waals surface area contributed by atoms with E-state index in [9.17, 15) is 10.2 Å². The van der Waals surface area contributed by atoms with Crippen molar-refractivity contribution in [3.05, 3.63) is 5.82 Å². The van der Waals surface area contributed by atoms with Gasteiger partial charge < -0.3 is 10.2 Å². The zero-order valence-corrected chi connectivity index (χ0v) is 20.6. The zero-order chi connectivity index (χ0) is 22.7. The second-order valence-corrected chi connectivity index (χ2v) is 12.4. The molecular weight excluding hydrogens is 400 g/mol. The standard InChI is InChI=1S/C26H44N4O2/c1-5-10-26(32)12-9-19-18(14-26)6-7-21-20(19)8-11-25(4)22(21)13-23(31)24(25)16(2)15-30-28-17(3)27-29-30/h16,18-24,31-32H,5-15H2,1-4H3/t16?,18-,19+,20-,21-,22+,23-,24+,25+,26-/m1/s1. The van der Waals surface area contributed by atoms with Gasteiger partial charge >= 0.3 is 0 Å². The van der Waals surface area contributed by atoms with Crippen LogP contribution >= 0.6 is 0 Å². The first-order chi connectivity index (χ1) is 15.2. The van der Waals surface area contributed by atoms with Crippen LogP contribution in [-0.2, 0) is 6.54 Å². The van der Waals surface area contributed by atoms with E-state index in [0.717, 1.165) is 56.4 Å². The van der Waals surface area contributed by atoms with Gasteiger partial charge in [-0.1, -0.05) is 27.2 Å². The molecule has 10 atom stereocenters. The average Bonchev–Trinajstić information content (AvgIpc) is 3.26. The molecule has 32 heavy (non-hydrogen) atoms. The maximum absolute atomic E-state index is 11.3. The molecule has 1 unspecified atom stereocenters. The minimum Gasteiger partial charge on any atom is -0.393 e. The average molecular weight is 445 g/mol. The zero-order valence-electron chi connectivity index (χ0n) is 20.6. The summed E-state index contributed by atoms with van der Waals surface area (Å²) in [7, 11) is 0. The summed E-state index contributed by atoms with van der Waals surface area (Å²) < 4.78 is 0. The third-order valence-electron chi connectivity index (χ3n) is 10.5. The molecule has 0 bridgehead atoms. The van der Waals surface area contributed by atoms with Crippen molar-refractivity contribution in [1.29, 1.82) is 0 Å². The van der Waals surface area contributed by atoms with Crippen LogP contribution in [0.1, 0.15) is 90.8 Å². The fraction of sp³-hybridized carbons (Fsp3) is 0.962. The lowest BCUT2D eigenvalue weighted by Gasteiger charge is -2.57. The Bertz CT molecular complexity index is 814. The van der Waals surface area contributed by atoms with Gasteiger partial charge in [0.15, 0.2) is 5.82 Å². The molecule has 0 aromatic carbocycles. The van der Waals surface area contributed by atoms with Gasteiger partial charge in [-0.15, -0.1) is 10.2 Å². The highest BCUT2D eigenvalue weighted by molar-refractivity contribution is 5.10. The number of rotatable bonds is 5. The summed E-state index contributed by atoms with van der Waals surface area (Å²) in [6, 6.07) is 0. The Labute approximate surface area is 193 Å². The maximum Gasteiger partial charge on any atom is 0.171 e. The molecule has 0 radical (unpaired) electrons. The topological polar surface area (TPSA) is 84.1 Å². The number of aliphatic hydroxyl groups is 2. The van der Waals surface area contributed by atoms with Crippen LogP contribution in [0.2, 0.25) is 0 Å². The van der Waals surface area contributed by atoms with E-state index in [1.807, 2.05) is 6.92 Å². The number of hydrogen-bond donors (Lipinski definition) is 2. The van der Waals surface area contributed by atoms with Crippen molar-refractivity contribution in [1.82, 2.24) is 20.2 Å². The van der Waals surface area contributed by atoms with Crippen LogP contribution in [0.15, 0.2) is 0 Å². The first-order valence-corrected chi connectivity index (χ1v) is 13.4. The van der Waals surface area contributed by atoms with E-state index in [1.165, 1.54) is 32.1 Å². The molecule has 0 aliphatic heterocycles. The molecule has 0 amide bonds. The smallest absolute Gasteiger partial charge is 0.171 e. The lowest BCUT2D eigenvalue weighted by atomic mass is 9.48. The van der Waals surface area contributed by atoms with Crippen LogP contribution in [0.4, 0.5) is 0 Å². The Balaban J connectivity index is 1.31. The van der Waals surface area contributed by atoms with Gasteiger partial charge in [-0.3, -0.25) is 0 Å². The van der Waals surface area contributed by atoms with Crippen LogP contribution in [0.5, 0.6) is 0 Å². The molecule has 0 spiro atoms. The predicted molar refractivity (Wildman–Crippen MR) is 124 cm³/mol. The molecule has 5 rings (SSSR count).